The van der Waals surface area contributed by atoms with Gasteiger partial charge in [-0.3, -0.25) is 4.79 Å². The van der Waals surface area contributed by atoms with Gasteiger partial charge in [-0.1, -0.05) is 0 Å². The molecule has 0 aromatic carbocycles. The van der Waals surface area contributed by atoms with E-state index in [0.29, 0.717) is 0 Å². The Hall–Kier alpha value is -0.280. The molecule has 1 fully saturated rings. The maximum Gasteiger partial charge on any atom is 0.225 e. The van der Waals surface area contributed by atoms with E-state index in [4.69, 9.17) is 0 Å². The zero-order valence-corrected chi connectivity index (χ0v) is 6.12. The van der Waals surface area contributed by atoms with Gasteiger partial charge in [0.25, 0.3) is 0 Å². The van der Waals surface area contributed by atoms with Crippen LogP contribution in [0.25, 0.3) is 0 Å². The van der Waals surface area contributed by atoms with Gasteiger partial charge in [0.15, 0.2) is 0 Å². The summed E-state index contributed by atoms with van der Waals surface area (Å²) < 4.78 is 0. The summed E-state index contributed by atoms with van der Waals surface area (Å²) in [6.07, 6.45) is 0. The molecule has 54 valence electrons. The van der Waals surface area contributed by atoms with Crippen LogP contribution < -0.4 is 10.6 Å². The third-order valence-corrected chi connectivity index (χ3v) is 1.40. The number of carbonyl (C=O) groups is 1. The van der Waals surface area contributed by atoms with Crippen molar-refractivity contribution in [3.63, 3.8) is 0 Å². The van der Waals surface area contributed by atoms with Gasteiger partial charge in [0, 0.05) is 20.1 Å². The molecular weight excluding hydrogens is 140 g/mol. The summed E-state index contributed by atoms with van der Waals surface area (Å²) in [6.45, 7) is 1.69. The lowest BCUT2D eigenvalue weighted by molar-refractivity contribution is -0.125. The van der Waals surface area contributed by atoms with E-state index in [2.05, 4.69) is 10.6 Å². The van der Waals surface area contributed by atoms with Crippen LogP contribution in [0.5, 0.6) is 0 Å². The summed E-state index contributed by atoms with van der Waals surface area (Å²) in [5.41, 5.74) is 0. The largest absolute Gasteiger partial charge is 0.359 e. The van der Waals surface area contributed by atoms with Gasteiger partial charge in [-0.25, -0.2) is 0 Å². The second-order valence-corrected chi connectivity index (χ2v) is 1.97. The molecule has 0 saturated carbocycles. The molecule has 3 nitrogen and oxygen atoms in total. The molecule has 0 radical (unpaired) electrons. The van der Waals surface area contributed by atoms with E-state index < -0.39 is 0 Å². The van der Waals surface area contributed by atoms with Gasteiger partial charge in [0.1, 0.15) is 0 Å². The fourth-order valence-electron chi connectivity index (χ4n) is 0.678. The first-order valence-electron chi connectivity index (χ1n) is 2.77. The molecule has 0 atom stereocenters. The van der Waals surface area contributed by atoms with Crippen molar-refractivity contribution >= 4 is 18.3 Å². The van der Waals surface area contributed by atoms with Crippen LogP contribution in [-0.4, -0.2) is 26.0 Å². The van der Waals surface area contributed by atoms with Crippen molar-refractivity contribution in [2.45, 2.75) is 0 Å². The summed E-state index contributed by atoms with van der Waals surface area (Å²) in [5, 5.41) is 5.60. The molecule has 9 heavy (non-hydrogen) atoms. The smallest absolute Gasteiger partial charge is 0.225 e. The van der Waals surface area contributed by atoms with Gasteiger partial charge in [0.05, 0.1) is 5.92 Å². The summed E-state index contributed by atoms with van der Waals surface area (Å²) in [6, 6.07) is 0. The summed E-state index contributed by atoms with van der Waals surface area (Å²) in [7, 11) is 1.67. The molecule has 0 aliphatic carbocycles. The van der Waals surface area contributed by atoms with Crippen molar-refractivity contribution in [3.05, 3.63) is 0 Å². The summed E-state index contributed by atoms with van der Waals surface area (Å²) >= 11 is 0. The van der Waals surface area contributed by atoms with E-state index in [1.165, 1.54) is 0 Å². The maximum absolute atomic E-state index is 10.6. The minimum absolute atomic E-state index is 0. The van der Waals surface area contributed by atoms with Crippen molar-refractivity contribution in [2.24, 2.45) is 5.92 Å². The highest BCUT2D eigenvalue weighted by Crippen LogP contribution is 2.00. The predicted molar refractivity (Wildman–Crippen MR) is 37.7 cm³/mol. The van der Waals surface area contributed by atoms with Crippen molar-refractivity contribution in [1.82, 2.24) is 10.6 Å². The normalized spacial score (nSPS) is 17.4. The third kappa shape index (κ3) is 1.84. The van der Waals surface area contributed by atoms with Crippen molar-refractivity contribution < 1.29 is 4.79 Å². The average molecular weight is 151 g/mol. The molecular formula is C5H11ClN2O. The number of amides is 1. The average Bonchev–Trinajstić information content (AvgIpc) is 1.62. The molecule has 4 heteroatoms. The Balaban J connectivity index is 0.000000640. The minimum atomic E-state index is 0. The first kappa shape index (κ1) is 8.72. The maximum atomic E-state index is 10.6. The van der Waals surface area contributed by atoms with Gasteiger partial charge in [-0.05, 0) is 0 Å². The SMILES string of the molecule is CNC(=O)C1CNC1.Cl. The van der Waals surface area contributed by atoms with Crippen LogP contribution in [-0.2, 0) is 4.79 Å². The van der Waals surface area contributed by atoms with Gasteiger partial charge < -0.3 is 10.6 Å². The van der Waals surface area contributed by atoms with Crippen molar-refractivity contribution in [3.8, 4) is 0 Å². The fourth-order valence-corrected chi connectivity index (χ4v) is 0.678. The Morgan fingerprint density at radius 2 is 2.22 bits per heavy atom. The van der Waals surface area contributed by atoms with E-state index in [1.807, 2.05) is 0 Å². The first-order valence-corrected chi connectivity index (χ1v) is 2.77. The van der Waals surface area contributed by atoms with Gasteiger partial charge in [-0.15, -0.1) is 12.4 Å². The van der Waals surface area contributed by atoms with E-state index >= 15 is 0 Å². The molecule has 1 amide bonds. The van der Waals surface area contributed by atoms with E-state index in [9.17, 15) is 4.79 Å². The minimum Gasteiger partial charge on any atom is -0.359 e. The molecule has 1 aliphatic rings. The van der Waals surface area contributed by atoms with E-state index in [1.54, 1.807) is 7.05 Å². The molecule has 0 bridgehead atoms. The Bertz CT molecular complexity index is 103. The van der Waals surface area contributed by atoms with Crippen LogP contribution in [0, 0.1) is 5.92 Å². The molecule has 0 unspecified atom stereocenters. The monoisotopic (exact) mass is 150 g/mol. The molecule has 0 aromatic rings. The second-order valence-electron chi connectivity index (χ2n) is 1.97. The number of rotatable bonds is 1. The lowest BCUT2D eigenvalue weighted by Crippen LogP contribution is -2.49. The van der Waals surface area contributed by atoms with Crippen LogP contribution >= 0.6 is 12.4 Å². The number of hydrogen-bond acceptors (Lipinski definition) is 2. The van der Waals surface area contributed by atoms with E-state index in [0.717, 1.165) is 13.1 Å². The number of nitrogens with one attached hydrogen (secondary N) is 2. The first-order chi connectivity index (χ1) is 3.84. The molecule has 1 aliphatic heterocycles. The molecule has 0 aromatic heterocycles. The standard InChI is InChI=1S/C5H10N2O.ClH/c1-6-5(8)4-2-7-3-4;/h4,7H,2-3H2,1H3,(H,6,8);1H. The second kappa shape index (κ2) is 3.69. The van der Waals surface area contributed by atoms with Crippen LogP contribution in [0.1, 0.15) is 0 Å². The van der Waals surface area contributed by atoms with Crippen LogP contribution in [0.3, 0.4) is 0 Å². The summed E-state index contributed by atoms with van der Waals surface area (Å²) in [4.78, 5) is 10.6. The van der Waals surface area contributed by atoms with Crippen LogP contribution in [0.2, 0.25) is 0 Å². The molecule has 1 saturated heterocycles. The fraction of sp³-hybridized carbons (Fsp3) is 0.800. The zero-order chi connectivity index (χ0) is 5.98. The zero-order valence-electron chi connectivity index (χ0n) is 5.31. The Labute approximate surface area is 60.6 Å². The number of carbonyl (C=O) groups excluding carboxylic acids is 1. The van der Waals surface area contributed by atoms with Gasteiger partial charge >= 0.3 is 0 Å². The summed E-state index contributed by atoms with van der Waals surface area (Å²) in [5.74, 6) is 0.392. The van der Waals surface area contributed by atoms with Crippen molar-refractivity contribution in [1.29, 1.82) is 0 Å². The molecule has 0 spiro atoms. The van der Waals surface area contributed by atoms with Crippen molar-refractivity contribution in [2.75, 3.05) is 20.1 Å². The molecule has 1 rings (SSSR count). The highest BCUT2D eigenvalue weighted by Gasteiger charge is 2.22. The topological polar surface area (TPSA) is 41.1 Å². The van der Waals surface area contributed by atoms with E-state index in [-0.39, 0.29) is 24.2 Å². The quantitative estimate of drug-likeness (QED) is 0.523. The Morgan fingerprint density at radius 1 is 1.67 bits per heavy atom. The Kier molecular flexibility index (Phi) is 3.58. The number of halogens is 1. The lowest BCUT2D eigenvalue weighted by Gasteiger charge is -2.24. The highest BCUT2D eigenvalue weighted by molar-refractivity contribution is 5.85. The van der Waals surface area contributed by atoms with Crippen LogP contribution in [0.4, 0.5) is 0 Å². The van der Waals surface area contributed by atoms with Gasteiger partial charge in [0.2, 0.25) is 5.91 Å². The van der Waals surface area contributed by atoms with Crippen LogP contribution in [0.15, 0.2) is 0 Å². The lowest BCUT2D eigenvalue weighted by atomic mass is 10.0. The Morgan fingerprint density at radius 3 is 2.33 bits per heavy atom. The third-order valence-electron chi connectivity index (χ3n) is 1.40. The molecule has 1 heterocycles. The number of hydrogen-bond donors (Lipinski definition) is 2. The predicted octanol–water partition coefficient (Wildman–Crippen LogP) is -0.626. The highest BCUT2D eigenvalue weighted by atomic mass is 35.5. The van der Waals surface area contributed by atoms with Gasteiger partial charge in [-0.2, -0.15) is 0 Å². The molecule has 2 N–H and O–H groups in total.